The van der Waals surface area contributed by atoms with Crippen molar-refractivity contribution in [3.8, 4) is 0 Å². The number of hydrogen-bond acceptors (Lipinski definition) is 2. The van der Waals surface area contributed by atoms with Crippen molar-refractivity contribution in [2.45, 2.75) is 38.4 Å². The van der Waals surface area contributed by atoms with Crippen molar-refractivity contribution in [2.24, 2.45) is 16.2 Å². The van der Waals surface area contributed by atoms with Crippen molar-refractivity contribution in [3.05, 3.63) is 30.3 Å². The Morgan fingerprint density at radius 2 is 1.85 bits per heavy atom. The number of rotatable bonds is 3. The molecule has 3 nitrogen and oxygen atoms in total. The third-order valence-corrected chi connectivity index (χ3v) is 7.87. The molecule has 20 heavy (non-hydrogen) atoms. The first-order chi connectivity index (χ1) is 9.36. The van der Waals surface area contributed by atoms with Crippen LogP contribution in [0.4, 0.5) is 5.69 Å². The quantitative estimate of drug-likeness (QED) is 0.652. The topological polar surface area (TPSA) is 41.1 Å². The van der Waals surface area contributed by atoms with Crippen LogP contribution in [0.1, 0.15) is 33.6 Å². The van der Waals surface area contributed by atoms with Crippen molar-refractivity contribution < 1.29 is 4.79 Å². The number of nitrogens with one attached hydrogen (secondary N) is 2. The first kappa shape index (κ1) is 13.9. The zero-order valence-corrected chi connectivity index (χ0v) is 13.8. The van der Waals surface area contributed by atoms with Gasteiger partial charge in [-0.1, -0.05) is 54.9 Å². The number of carbonyl (C=O) groups excluding carboxylic acids is 1. The van der Waals surface area contributed by atoms with E-state index in [1.807, 2.05) is 30.3 Å². The first-order valence-corrected chi connectivity index (χ1v) is 8.03. The minimum atomic E-state index is -0.302. The number of fused-ring (bicyclic) bond motifs is 1. The average Bonchev–Trinajstić information content (AvgIpc) is 2.85. The van der Waals surface area contributed by atoms with E-state index < -0.39 is 0 Å². The summed E-state index contributed by atoms with van der Waals surface area (Å²) in [6, 6.07) is 9.72. The fourth-order valence-corrected chi connectivity index (χ4v) is 6.03. The molecule has 4 rings (SSSR count). The molecule has 0 saturated heterocycles. The van der Waals surface area contributed by atoms with Crippen LogP contribution in [0, 0.1) is 16.2 Å². The Hall–Kier alpha value is -1.03. The Bertz CT molecular complexity index is 545. The zero-order chi connectivity index (χ0) is 14.6. The van der Waals surface area contributed by atoms with Gasteiger partial charge in [-0.2, -0.15) is 0 Å². The van der Waals surface area contributed by atoms with Gasteiger partial charge in [0.25, 0.3) is 0 Å². The molecule has 0 radical (unpaired) electrons. The van der Waals surface area contributed by atoms with E-state index in [9.17, 15) is 4.79 Å². The van der Waals surface area contributed by atoms with Crippen molar-refractivity contribution in [1.82, 2.24) is 5.43 Å². The van der Waals surface area contributed by atoms with Gasteiger partial charge in [0, 0.05) is 4.83 Å². The minimum absolute atomic E-state index is 0.0244. The zero-order valence-electron chi connectivity index (χ0n) is 12.2. The van der Waals surface area contributed by atoms with Crippen LogP contribution in [0.5, 0.6) is 0 Å². The molecule has 3 atom stereocenters. The maximum atomic E-state index is 12.7. The number of halogens is 1. The van der Waals surface area contributed by atoms with Crippen LogP contribution in [-0.4, -0.2) is 10.7 Å². The van der Waals surface area contributed by atoms with Crippen molar-refractivity contribution in [3.63, 3.8) is 0 Å². The third-order valence-electron chi connectivity index (χ3n) is 6.07. The van der Waals surface area contributed by atoms with Gasteiger partial charge in [0.05, 0.1) is 11.1 Å². The lowest BCUT2D eigenvalue weighted by atomic mass is 9.43. The number of anilines is 1. The molecule has 4 heteroatoms. The number of benzene rings is 1. The van der Waals surface area contributed by atoms with Crippen LogP contribution in [0.2, 0.25) is 0 Å². The first-order valence-electron chi connectivity index (χ1n) is 7.12. The lowest BCUT2D eigenvalue weighted by Crippen LogP contribution is -2.69. The lowest BCUT2D eigenvalue weighted by molar-refractivity contribution is -0.161. The third kappa shape index (κ3) is 1.43. The molecule has 0 aliphatic heterocycles. The summed E-state index contributed by atoms with van der Waals surface area (Å²) in [5.74, 6) is 0.100. The van der Waals surface area contributed by atoms with E-state index in [0.29, 0.717) is 0 Å². The molecular formula is C16H21BrN2O. The van der Waals surface area contributed by atoms with Crippen LogP contribution in [0.3, 0.4) is 0 Å². The standard InChI is InChI=1S/C16H21BrN2O/c1-14(2)15(3)9-10-16(14,12(15)17)13(20)19-18-11-7-5-4-6-8-11/h4-8,12,18H,9-10H2,1-3H3,(H,19,20). The molecule has 2 bridgehead atoms. The van der Waals surface area contributed by atoms with Gasteiger partial charge in [-0.25, -0.2) is 0 Å². The van der Waals surface area contributed by atoms with Crippen molar-refractivity contribution >= 4 is 27.5 Å². The van der Waals surface area contributed by atoms with Gasteiger partial charge in [0.1, 0.15) is 0 Å². The maximum absolute atomic E-state index is 12.7. The second kappa shape index (κ2) is 4.23. The largest absolute Gasteiger partial charge is 0.299 e. The Labute approximate surface area is 128 Å². The molecule has 1 aromatic rings. The number of hydrazine groups is 1. The van der Waals surface area contributed by atoms with Gasteiger partial charge in [0.2, 0.25) is 5.91 Å². The van der Waals surface area contributed by atoms with Gasteiger partial charge in [0.15, 0.2) is 0 Å². The van der Waals surface area contributed by atoms with Crippen LogP contribution in [-0.2, 0) is 4.79 Å². The Morgan fingerprint density at radius 1 is 1.20 bits per heavy atom. The molecule has 3 saturated carbocycles. The van der Waals surface area contributed by atoms with Crippen molar-refractivity contribution in [1.29, 1.82) is 0 Å². The highest BCUT2D eigenvalue weighted by Crippen LogP contribution is 2.79. The number of amides is 1. The summed E-state index contributed by atoms with van der Waals surface area (Å²) in [7, 11) is 0. The summed E-state index contributed by atoms with van der Waals surface area (Å²) in [4.78, 5) is 13.0. The molecule has 1 aromatic carbocycles. The molecule has 3 aliphatic carbocycles. The van der Waals surface area contributed by atoms with Crippen LogP contribution < -0.4 is 10.9 Å². The van der Waals surface area contributed by atoms with E-state index in [1.165, 1.54) is 0 Å². The molecule has 0 aromatic heterocycles. The monoisotopic (exact) mass is 336 g/mol. The summed E-state index contributed by atoms with van der Waals surface area (Å²) >= 11 is 3.78. The highest BCUT2D eigenvalue weighted by molar-refractivity contribution is 9.09. The molecule has 1 amide bonds. The summed E-state index contributed by atoms with van der Waals surface area (Å²) < 4.78 is 0. The predicted octanol–water partition coefficient (Wildman–Crippen LogP) is 3.72. The van der Waals surface area contributed by atoms with Crippen LogP contribution in [0.15, 0.2) is 30.3 Å². The number of hydrogen-bond donors (Lipinski definition) is 2. The summed E-state index contributed by atoms with van der Waals surface area (Å²) in [5.41, 5.74) is 6.77. The van der Waals surface area contributed by atoms with Gasteiger partial charge < -0.3 is 0 Å². The Kier molecular flexibility index (Phi) is 2.95. The fourth-order valence-electron chi connectivity index (χ4n) is 4.22. The SMILES string of the molecule is CC12CCC(C(=O)NNc3ccccc3)(C1Br)C2(C)C. The van der Waals surface area contributed by atoms with Gasteiger partial charge in [-0.15, -0.1) is 0 Å². The molecular weight excluding hydrogens is 316 g/mol. The van der Waals surface area contributed by atoms with E-state index in [4.69, 9.17) is 0 Å². The fraction of sp³-hybridized carbons (Fsp3) is 0.562. The number of carbonyl (C=O) groups is 1. The van der Waals surface area contributed by atoms with Gasteiger partial charge in [-0.3, -0.25) is 15.6 Å². The number of alkyl halides is 1. The van der Waals surface area contributed by atoms with Gasteiger partial charge >= 0.3 is 0 Å². The number of para-hydroxylation sites is 1. The molecule has 108 valence electrons. The Balaban J connectivity index is 1.75. The average molecular weight is 337 g/mol. The van der Waals surface area contributed by atoms with Gasteiger partial charge in [-0.05, 0) is 35.8 Å². The summed E-state index contributed by atoms with van der Waals surface area (Å²) in [5, 5.41) is 0. The predicted molar refractivity (Wildman–Crippen MR) is 84.5 cm³/mol. The van der Waals surface area contributed by atoms with Crippen LogP contribution in [0.25, 0.3) is 0 Å². The van der Waals surface area contributed by atoms with E-state index >= 15 is 0 Å². The summed E-state index contributed by atoms with van der Waals surface area (Å²) in [6.45, 7) is 6.73. The second-order valence-corrected chi connectivity index (χ2v) is 7.74. The lowest BCUT2D eigenvalue weighted by Gasteiger charge is -2.64. The molecule has 2 N–H and O–H groups in total. The normalized spacial score (nSPS) is 37.1. The Morgan fingerprint density at radius 3 is 2.35 bits per heavy atom. The smallest absolute Gasteiger partial charge is 0.246 e. The molecule has 0 spiro atoms. The summed E-state index contributed by atoms with van der Waals surface area (Å²) in [6.07, 6.45) is 2.06. The van der Waals surface area contributed by atoms with E-state index in [-0.39, 0.29) is 27.0 Å². The molecule has 0 heterocycles. The molecule has 3 fully saturated rings. The van der Waals surface area contributed by atoms with E-state index in [1.54, 1.807) is 0 Å². The van der Waals surface area contributed by atoms with Crippen LogP contribution >= 0.6 is 15.9 Å². The van der Waals surface area contributed by atoms with Crippen molar-refractivity contribution in [2.75, 3.05) is 5.43 Å². The minimum Gasteiger partial charge on any atom is -0.299 e. The second-order valence-electron chi connectivity index (χ2n) is 6.82. The molecule has 3 unspecified atom stereocenters. The highest BCUT2D eigenvalue weighted by atomic mass is 79.9. The highest BCUT2D eigenvalue weighted by Gasteiger charge is 2.80. The van der Waals surface area contributed by atoms with E-state index in [2.05, 4.69) is 47.6 Å². The molecule has 3 aliphatic rings. The maximum Gasteiger partial charge on any atom is 0.246 e. The van der Waals surface area contributed by atoms with E-state index in [0.717, 1.165) is 18.5 Å².